The van der Waals surface area contributed by atoms with E-state index in [1.165, 1.54) is 18.2 Å². The third-order valence-electron chi connectivity index (χ3n) is 5.13. The molecule has 170 valence electrons. The second-order valence-corrected chi connectivity index (χ2v) is 10.1. The summed E-state index contributed by atoms with van der Waals surface area (Å²) in [6, 6.07) is 19.5. The van der Waals surface area contributed by atoms with E-state index in [0.717, 1.165) is 0 Å². The van der Waals surface area contributed by atoms with Crippen LogP contribution in [-0.4, -0.2) is 29.4 Å². The minimum Gasteiger partial charge on any atom is -0.349 e. The molecule has 5 aromatic rings. The predicted molar refractivity (Wildman–Crippen MR) is 128 cm³/mol. The van der Waals surface area contributed by atoms with Gasteiger partial charge in [-0.15, -0.1) is 0 Å². The standard InChI is InChI=1S/C23H15BrN4O5S/c24-14-9-10-17(16(12-14)21-27-23(30)33-28-21)26-22(29)18-11-13-5-4-8-19(20(13)25-18)34(31,32)15-6-2-1-3-7-15/h1-12,25H,(H,26,29)(H,27,28,30). The molecule has 0 unspecified atom stereocenters. The van der Waals surface area contributed by atoms with Crippen molar-refractivity contribution in [1.82, 2.24) is 15.1 Å². The first-order chi connectivity index (χ1) is 16.3. The van der Waals surface area contributed by atoms with Crippen molar-refractivity contribution < 1.29 is 17.7 Å². The topological polar surface area (TPSA) is 138 Å². The smallest absolute Gasteiger partial charge is 0.349 e. The molecule has 0 radical (unpaired) electrons. The number of nitrogens with one attached hydrogen (secondary N) is 3. The maximum atomic E-state index is 13.2. The number of fused-ring (bicyclic) bond motifs is 1. The first kappa shape index (κ1) is 21.9. The highest BCUT2D eigenvalue weighted by Crippen LogP contribution is 2.31. The highest BCUT2D eigenvalue weighted by molar-refractivity contribution is 9.10. The van der Waals surface area contributed by atoms with Crippen LogP contribution < -0.4 is 11.1 Å². The fraction of sp³-hybridized carbons (Fsp3) is 0. The zero-order valence-corrected chi connectivity index (χ0v) is 19.6. The van der Waals surface area contributed by atoms with Crippen molar-refractivity contribution in [1.29, 1.82) is 0 Å². The Morgan fingerprint density at radius 1 is 0.971 bits per heavy atom. The molecule has 0 aliphatic carbocycles. The van der Waals surface area contributed by atoms with E-state index >= 15 is 0 Å². The molecule has 5 rings (SSSR count). The van der Waals surface area contributed by atoms with Gasteiger partial charge >= 0.3 is 5.76 Å². The van der Waals surface area contributed by atoms with E-state index in [0.29, 0.717) is 26.6 Å². The molecule has 0 saturated heterocycles. The van der Waals surface area contributed by atoms with Crippen LogP contribution in [0.1, 0.15) is 10.5 Å². The minimum absolute atomic E-state index is 0.0692. The lowest BCUT2D eigenvalue weighted by Gasteiger charge is -2.09. The van der Waals surface area contributed by atoms with Crippen LogP contribution in [0.15, 0.2) is 96.4 Å². The Hall–Kier alpha value is -3.96. The van der Waals surface area contributed by atoms with Crippen LogP contribution >= 0.6 is 15.9 Å². The van der Waals surface area contributed by atoms with Gasteiger partial charge in [0.1, 0.15) is 5.69 Å². The van der Waals surface area contributed by atoms with Gasteiger partial charge in [0.25, 0.3) is 5.91 Å². The summed E-state index contributed by atoms with van der Waals surface area (Å²) in [5.74, 6) is -1.09. The van der Waals surface area contributed by atoms with E-state index in [1.807, 2.05) is 0 Å². The molecule has 0 saturated carbocycles. The van der Waals surface area contributed by atoms with E-state index in [9.17, 15) is 18.0 Å². The summed E-state index contributed by atoms with van der Waals surface area (Å²) in [7, 11) is -3.80. The number of hydrogen-bond acceptors (Lipinski definition) is 6. The van der Waals surface area contributed by atoms with E-state index in [2.05, 4.69) is 40.9 Å². The number of anilines is 1. The number of carbonyl (C=O) groups excluding carboxylic acids is 1. The molecule has 1 amide bonds. The second-order valence-electron chi connectivity index (χ2n) is 7.31. The Labute approximate surface area is 200 Å². The van der Waals surface area contributed by atoms with Crippen LogP contribution in [0.3, 0.4) is 0 Å². The zero-order valence-electron chi connectivity index (χ0n) is 17.2. The number of halogens is 1. The van der Waals surface area contributed by atoms with Crippen molar-refractivity contribution in [3.05, 3.63) is 93.5 Å². The van der Waals surface area contributed by atoms with Gasteiger partial charge < -0.3 is 10.3 Å². The zero-order chi connectivity index (χ0) is 23.9. The van der Waals surface area contributed by atoms with Crippen molar-refractivity contribution in [2.45, 2.75) is 9.79 Å². The van der Waals surface area contributed by atoms with Crippen LogP contribution in [0.25, 0.3) is 22.3 Å². The van der Waals surface area contributed by atoms with Gasteiger partial charge in [0, 0.05) is 15.4 Å². The number of aromatic nitrogens is 3. The number of nitrogens with zero attached hydrogens (tertiary/aromatic N) is 1. The molecule has 11 heteroatoms. The Kier molecular flexibility index (Phi) is 5.42. The number of amides is 1. The predicted octanol–water partition coefficient (Wildman–Crippen LogP) is 4.36. The summed E-state index contributed by atoms with van der Waals surface area (Å²) >= 11 is 3.35. The van der Waals surface area contributed by atoms with Crippen molar-refractivity contribution in [2.75, 3.05) is 5.32 Å². The molecule has 9 nitrogen and oxygen atoms in total. The van der Waals surface area contributed by atoms with Gasteiger partial charge in [0.2, 0.25) is 9.84 Å². The van der Waals surface area contributed by atoms with Crippen molar-refractivity contribution in [3.8, 4) is 11.4 Å². The number of para-hydroxylation sites is 1. The van der Waals surface area contributed by atoms with Crippen LogP contribution in [0, 0.1) is 0 Å². The third kappa shape index (κ3) is 3.95. The van der Waals surface area contributed by atoms with Crippen LogP contribution in [0.4, 0.5) is 5.69 Å². The summed E-state index contributed by atoms with van der Waals surface area (Å²) in [5, 5.41) is 7.02. The normalized spacial score (nSPS) is 11.6. The lowest BCUT2D eigenvalue weighted by molar-refractivity contribution is 0.102. The largest absolute Gasteiger partial charge is 0.439 e. The molecular formula is C23H15BrN4O5S. The summed E-state index contributed by atoms with van der Waals surface area (Å²) in [6.45, 7) is 0. The van der Waals surface area contributed by atoms with Crippen molar-refractivity contribution in [2.24, 2.45) is 0 Å². The van der Waals surface area contributed by atoms with E-state index < -0.39 is 21.5 Å². The van der Waals surface area contributed by atoms with Crippen molar-refractivity contribution >= 4 is 48.3 Å². The van der Waals surface area contributed by atoms with Gasteiger partial charge in [-0.05, 0) is 42.5 Å². The molecule has 3 N–H and O–H groups in total. The molecule has 0 aliphatic rings. The van der Waals surface area contributed by atoms with Gasteiger partial charge in [-0.25, -0.2) is 13.2 Å². The number of carbonyl (C=O) groups is 1. The highest BCUT2D eigenvalue weighted by Gasteiger charge is 2.23. The van der Waals surface area contributed by atoms with Gasteiger partial charge in [0.15, 0.2) is 5.82 Å². The number of hydrogen-bond donors (Lipinski definition) is 3. The fourth-order valence-electron chi connectivity index (χ4n) is 3.56. The maximum absolute atomic E-state index is 13.2. The summed E-state index contributed by atoms with van der Waals surface area (Å²) in [5.41, 5.74) is 1.28. The molecule has 2 heterocycles. The van der Waals surface area contributed by atoms with Gasteiger partial charge in [0.05, 0.1) is 21.0 Å². The molecule has 3 aromatic carbocycles. The van der Waals surface area contributed by atoms with E-state index in [-0.39, 0.29) is 21.3 Å². The van der Waals surface area contributed by atoms with E-state index in [1.54, 1.807) is 54.6 Å². The van der Waals surface area contributed by atoms with Crippen LogP contribution in [0.2, 0.25) is 0 Å². The van der Waals surface area contributed by atoms with Gasteiger partial charge in [-0.3, -0.25) is 14.3 Å². The van der Waals surface area contributed by atoms with Gasteiger partial charge in [-0.2, -0.15) is 0 Å². The minimum atomic E-state index is -3.80. The van der Waals surface area contributed by atoms with Gasteiger partial charge in [-0.1, -0.05) is 51.4 Å². The Balaban J connectivity index is 1.53. The monoisotopic (exact) mass is 538 g/mol. The first-order valence-electron chi connectivity index (χ1n) is 9.92. The van der Waals surface area contributed by atoms with E-state index in [4.69, 9.17) is 0 Å². The molecular weight excluding hydrogens is 524 g/mol. The lowest BCUT2D eigenvalue weighted by atomic mass is 10.1. The van der Waals surface area contributed by atoms with Crippen LogP contribution in [0.5, 0.6) is 0 Å². The average Bonchev–Trinajstić information content (AvgIpc) is 3.47. The summed E-state index contributed by atoms with van der Waals surface area (Å²) < 4.78 is 31.6. The SMILES string of the molecule is O=C(Nc1ccc(Br)cc1-c1noc(=O)[nH]1)c1cc2cccc(S(=O)(=O)c3ccccc3)c2[nH]1. The average molecular weight is 539 g/mol. The molecule has 0 bridgehead atoms. The first-order valence-corrected chi connectivity index (χ1v) is 12.2. The fourth-order valence-corrected chi connectivity index (χ4v) is 5.38. The third-order valence-corrected chi connectivity index (χ3v) is 7.44. The summed E-state index contributed by atoms with van der Waals surface area (Å²) in [4.78, 5) is 30.1. The Morgan fingerprint density at radius 3 is 2.50 bits per heavy atom. The molecule has 0 atom stereocenters. The number of benzene rings is 3. The molecule has 34 heavy (non-hydrogen) atoms. The summed E-state index contributed by atoms with van der Waals surface area (Å²) in [6.07, 6.45) is 0. The number of aromatic amines is 2. The number of H-pyrrole nitrogens is 2. The quantitative estimate of drug-likeness (QED) is 0.304. The highest BCUT2D eigenvalue weighted by atomic mass is 79.9. The Morgan fingerprint density at radius 2 is 1.76 bits per heavy atom. The number of sulfone groups is 1. The van der Waals surface area contributed by atoms with Crippen molar-refractivity contribution in [3.63, 3.8) is 0 Å². The molecule has 0 spiro atoms. The number of rotatable bonds is 5. The lowest BCUT2D eigenvalue weighted by Crippen LogP contribution is -2.13. The molecule has 2 aromatic heterocycles. The van der Waals surface area contributed by atoms with Crippen LogP contribution in [-0.2, 0) is 9.84 Å². The maximum Gasteiger partial charge on any atom is 0.439 e. The molecule has 0 fully saturated rings. The Bertz CT molecular complexity index is 1700. The second kappa shape index (κ2) is 8.43. The molecule has 0 aliphatic heterocycles.